The highest BCUT2D eigenvalue weighted by atomic mass is 16.7. The predicted octanol–water partition coefficient (Wildman–Crippen LogP) is 5.45. The van der Waals surface area contributed by atoms with Gasteiger partial charge in [0.1, 0.15) is 18.1 Å². The summed E-state index contributed by atoms with van der Waals surface area (Å²) >= 11 is 0. The molecule has 342 valence electrons. The third-order valence-electron chi connectivity index (χ3n) is 13.6. The van der Waals surface area contributed by atoms with Gasteiger partial charge in [-0.2, -0.15) is 0 Å². The molecule has 0 spiro atoms. The smallest absolute Gasteiger partial charge is 0.425 e. The number of ketones is 1. The van der Waals surface area contributed by atoms with Crippen molar-refractivity contribution in [3.63, 3.8) is 0 Å². The van der Waals surface area contributed by atoms with Crippen LogP contribution in [0.1, 0.15) is 94.4 Å². The number of aliphatic hydroxyl groups excluding tert-OH is 1. The zero-order valence-corrected chi connectivity index (χ0v) is 38.6. The monoisotopic (exact) mass is 855 g/mol. The van der Waals surface area contributed by atoms with E-state index >= 15 is 0 Å². The molecule has 15 nitrogen and oxygen atoms in total. The second kappa shape index (κ2) is 20.8. The van der Waals surface area contributed by atoms with Gasteiger partial charge in [0.15, 0.2) is 17.7 Å². The Kier molecular flexibility index (Phi) is 16.6. The third-order valence-corrected chi connectivity index (χ3v) is 13.6. The van der Waals surface area contributed by atoms with Crippen molar-refractivity contribution in [1.82, 2.24) is 30.2 Å². The molecule has 3 aliphatic rings. The van der Waals surface area contributed by atoms with E-state index in [9.17, 15) is 19.5 Å². The largest absolute Gasteiger partial charge is 0.458 e. The van der Waals surface area contributed by atoms with Crippen LogP contribution in [-0.2, 0) is 39.8 Å². The van der Waals surface area contributed by atoms with Crippen molar-refractivity contribution >= 4 is 17.8 Å². The molecule has 1 amide bonds. The van der Waals surface area contributed by atoms with Crippen molar-refractivity contribution in [2.24, 2.45) is 23.7 Å². The molecule has 14 atom stereocenters. The fourth-order valence-electron chi connectivity index (χ4n) is 10.1. The number of ether oxygens (including phenoxy) is 5. The molecule has 3 saturated heterocycles. The lowest BCUT2D eigenvalue weighted by molar-refractivity contribution is -0.295. The highest BCUT2D eigenvalue weighted by molar-refractivity contribution is 6.00. The number of fused-ring (bicyclic) bond motifs is 1. The minimum Gasteiger partial charge on any atom is -0.458 e. The van der Waals surface area contributed by atoms with E-state index in [0.29, 0.717) is 45.3 Å². The maximum Gasteiger partial charge on any atom is 0.425 e. The molecule has 0 radical (unpaired) electrons. The highest BCUT2D eigenvalue weighted by Crippen LogP contribution is 2.43. The number of rotatable bonds is 14. The summed E-state index contributed by atoms with van der Waals surface area (Å²) in [6.07, 6.45) is 2.11. The van der Waals surface area contributed by atoms with Gasteiger partial charge in [-0.05, 0) is 92.3 Å². The minimum absolute atomic E-state index is 0.115. The second-order valence-corrected chi connectivity index (χ2v) is 18.4. The molecule has 1 unspecified atom stereocenters. The Morgan fingerprint density at radius 1 is 1.03 bits per heavy atom. The van der Waals surface area contributed by atoms with E-state index in [4.69, 9.17) is 23.7 Å². The van der Waals surface area contributed by atoms with Crippen LogP contribution in [0.3, 0.4) is 0 Å². The van der Waals surface area contributed by atoms with Gasteiger partial charge in [-0.1, -0.05) is 65.0 Å². The van der Waals surface area contributed by atoms with Crippen LogP contribution in [0.5, 0.6) is 0 Å². The molecule has 0 saturated carbocycles. The normalized spacial score (nSPS) is 36.7. The van der Waals surface area contributed by atoms with Crippen molar-refractivity contribution in [3.05, 3.63) is 42.9 Å². The van der Waals surface area contributed by atoms with Crippen LogP contribution in [0.15, 0.2) is 42.9 Å². The van der Waals surface area contributed by atoms with E-state index < -0.39 is 71.5 Å². The van der Waals surface area contributed by atoms with Gasteiger partial charge in [-0.15, -0.1) is 0 Å². The minimum atomic E-state index is -1.28. The SMILES string of the molecule is CCCNC1[C@H](C)C[C@](C)(OC)[C@H](O[C@@H]2O[C@H](C)C[C@H](N(C)C)[C@H]2O)[C@@H](C)C(=O)[C@@H](C)C(=O)O[C@H](CC)[C@@]2(C)OC(=O)N(NCCCn3cnc(-c4ccccc4)c3)[C@@H]2[C@H]1C. The fourth-order valence-corrected chi connectivity index (χ4v) is 10.1. The van der Waals surface area contributed by atoms with E-state index in [1.807, 2.05) is 94.1 Å². The Morgan fingerprint density at radius 2 is 1.74 bits per heavy atom. The average Bonchev–Trinajstić information content (AvgIpc) is 3.81. The predicted molar refractivity (Wildman–Crippen MR) is 232 cm³/mol. The van der Waals surface area contributed by atoms with Crippen LogP contribution in [0.2, 0.25) is 0 Å². The molecule has 4 heterocycles. The van der Waals surface area contributed by atoms with Crippen LogP contribution in [0, 0.1) is 23.7 Å². The number of imidazole rings is 1. The van der Waals surface area contributed by atoms with E-state index in [2.05, 4.69) is 36.5 Å². The first-order valence-corrected chi connectivity index (χ1v) is 22.4. The van der Waals surface area contributed by atoms with Gasteiger partial charge in [0.05, 0.1) is 35.9 Å². The number of carbonyl (C=O) groups is 3. The van der Waals surface area contributed by atoms with Gasteiger partial charge in [0, 0.05) is 50.0 Å². The number of benzene rings is 1. The van der Waals surface area contributed by atoms with Gasteiger partial charge in [-0.25, -0.2) is 20.2 Å². The number of aromatic nitrogens is 2. The molecule has 5 rings (SSSR count). The average molecular weight is 855 g/mol. The Bertz CT molecular complexity index is 1750. The highest BCUT2D eigenvalue weighted by Gasteiger charge is 2.60. The Hall–Kier alpha value is -3.44. The molecular weight excluding hydrogens is 781 g/mol. The first-order chi connectivity index (χ1) is 28.9. The molecule has 1 aromatic carbocycles. The quantitative estimate of drug-likeness (QED) is 0.125. The number of methoxy groups -OCH3 is 1. The number of hydrogen-bond acceptors (Lipinski definition) is 13. The molecule has 3 fully saturated rings. The summed E-state index contributed by atoms with van der Waals surface area (Å²) in [6, 6.07) is 8.96. The van der Waals surface area contributed by atoms with E-state index in [0.717, 1.165) is 17.7 Å². The Balaban J connectivity index is 1.49. The van der Waals surface area contributed by atoms with Crippen LogP contribution < -0.4 is 10.7 Å². The van der Waals surface area contributed by atoms with Gasteiger partial charge in [0.25, 0.3) is 0 Å². The molecule has 3 N–H and O–H groups in total. The van der Waals surface area contributed by atoms with Crippen molar-refractivity contribution in [3.8, 4) is 11.3 Å². The summed E-state index contributed by atoms with van der Waals surface area (Å²) in [7, 11) is 5.42. The summed E-state index contributed by atoms with van der Waals surface area (Å²) < 4.78 is 34.1. The topological polar surface area (TPSA) is 166 Å². The first kappa shape index (κ1) is 48.6. The summed E-state index contributed by atoms with van der Waals surface area (Å²) in [5.41, 5.74) is 2.96. The number of nitrogens with one attached hydrogen (secondary N) is 2. The van der Waals surface area contributed by atoms with E-state index in [1.54, 1.807) is 26.0 Å². The summed E-state index contributed by atoms with van der Waals surface area (Å²) in [6.45, 7) is 19.1. The molecule has 2 aromatic rings. The van der Waals surface area contributed by atoms with Gasteiger partial charge in [0.2, 0.25) is 0 Å². The zero-order chi connectivity index (χ0) is 44.8. The van der Waals surface area contributed by atoms with Crippen molar-refractivity contribution in [2.45, 2.75) is 161 Å². The maximum absolute atomic E-state index is 14.5. The van der Waals surface area contributed by atoms with Crippen molar-refractivity contribution < 1.29 is 43.2 Å². The van der Waals surface area contributed by atoms with Crippen LogP contribution >= 0.6 is 0 Å². The number of aliphatic hydroxyl groups is 1. The molecule has 1 aromatic heterocycles. The Labute approximate surface area is 363 Å². The summed E-state index contributed by atoms with van der Waals surface area (Å²) in [4.78, 5) is 49.3. The van der Waals surface area contributed by atoms with Crippen LogP contribution in [0.25, 0.3) is 11.3 Å². The van der Waals surface area contributed by atoms with Crippen molar-refractivity contribution in [1.29, 1.82) is 0 Å². The van der Waals surface area contributed by atoms with Gasteiger partial charge >= 0.3 is 12.1 Å². The molecule has 3 aliphatic heterocycles. The summed E-state index contributed by atoms with van der Waals surface area (Å²) in [5.74, 6) is -3.53. The molecule has 61 heavy (non-hydrogen) atoms. The van der Waals surface area contributed by atoms with E-state index in [1.165, 1.54) is 0 Å². The number of hydrazine groups is 1. The number of cyclic esters (lactones) is 1. The molecule has 15 heteroatoms. The number of likely N-dealkylation sites (N-methyl/N-ethyl adjacent to an activating group) is 1. The number of Topliss-reactive ketones (excluding diaryl/α,β-unsaturated/α-hetero) is 1. The second-order valence-electron chi connectivity index (χ2n) is 18.4. The standard InChI is InChI=1S/C46H74N6O9/c1-13-21-47-37-28(3)25-45(8,57-12)41(60-43-39(54)35(50(10)11)24-29(4)58-43)31(6)38(53)32(7)42(55)59-36(14-2)46(9)40(30(37)5)52(44(56)61-46)49-22-18-23-51-26-34(48-27-51)33-19-16-15-17-20-33/h15-17,19-20,26-32,35-37,39-41,43,47,49,54H,13-14,18,21-25H2,1-12H3/t28-,29-,30+,31+,32-,35+,36-,37?,39-,40-,41-,43+,45+,46-/m1/s1. The Morgan fingerprint density at radius 3 is 2.38 bits per heavy atom. The number of aryl methyl sites for hydroxylation is 1. The lowest BCUT2D eigenvalue weighted by Gasteiger charge is -2.48. The number of carbonyl (C=O) groups excluding carboxylic acids is 3. The molecule has 0 bridgehead atoms. The fraction of sp³-hybridized carbons (Fsp3) is 0.739. The number of esters is 1. The number of amides is 1. The maximum atomic E-state index is 14.5. The van der Waals surface area contributed by atoms with Crippen molar-refractivity contribution in [2.75, 3.05) is 34.3 Å². The molecular formula is C46H74N6O9. The summed E-state index contributed by atoms with van der Waals surface area (Å²) in [5, 5.41) is 17.0. The van der Waals surface area contributed by atoms with E-state index in [-0.39, 0.29) is 30.0 Å². The number of hydrogen-bond donors (Lipinski definition) is 3. The molecule has 0 aliphatic carbocycles. The lowest BCUT2D eigenvalue weighted by Crippen LogP contribution is -2.63. The lowest BCUT2D eigenvalue weighted by atomic mass is 9.71. The van der Waals surface area contributed by atoms with Gasteiger partial charge < -0.3 is 43.6 Å². The third kappa shape index (κ3) is 10.7. The van der Waals surface area contributed by atoms with Crippen LogP contribution in [-0.4, -0.2) is 137 Å². The first-order valence-electron chi connectivity index (χ1n) is 22.4. The van der Waals surface area contributed by atoms with Crippen LogP contribution in [0.4, 0.5) is 4.79 Å². The van der Waals surface area contributed by atoms with Gasteiger partial charge in [-0.3, -0.25) is 9.59 Å². The number of nitrogens with zero attached hydrogens (tertiary/aromatic N) is 4. The zero-order valence-electron chi connectivity index (χ0n) is 38.6.